The van der Waals surface area contributed by atoms with E-state index in [1.165, 1.54) is 46.6 Å². The van der Waals surface area contributed by atoms with Gasteiger partial charge in [-0.25, -0.2) is 4.79 Å². The van der Waals surface area contributed by atoms with E-state index in [1.54, 1.807) is 12.1 Å². The largest absolute Gasteiger partial charge is 0.493 e. The fourth-order valence-corrected chi connectivity index (χ4v) is 2.44. The quantitative estimate of drug-likeness (QED) is 0.597. The highest BCUT2D eigenvalue weighted by atomic mass is 19.3. The molecule has 0 fully saturated rings. The van der Waals surface area contributed by atoms with Crippen molar-refractivity contribution in [3.63, 3.8) is 0 Å². The third-order valence-electron chi connectivity index (χ3n) is 3.71. The summed E-state index contributed by atoms with van der Waals surface area (Å²) in [7, 11) is 5.71. The van der Waals surface area contributed by atoms with Crippen molar-refractivity contribution in [2.75, 3.05) is 28.4 Å². The first kappa shape index (κ1) is 21.1. The Hall–Kier alpha value is -3.23. The molecule has 0 aliphatic carbocycles. The Bertz CT molecular complexity index is 799. The van der Waals surface area contributed by atoms with Crippen molar-refractivity contribution < 1.29 is 42.0 Å². The summed E-state index contributed by atoms with van der Waals surface area (Å²) in [6.07, 6.45) is 0. The smallest absolute Gasteiger partial charge is 0.387 e. The third-order valence-corrected chi connectivity index (χ3v) is 3.71. The molecule has 0 aliphatic heterocycles. The minimum absolute atomic E-state index is 0.0115. The molecular weight excluding hydrogens is 378 g/mol. The molecule has 0 unspecified atom stereocenters. The van der Waals surface area contributed by atoms with Gasteiger partial charge in [-0.15, -0.1) is 0 Å². The van der Waals surface area contributed by atoms with Gasteiger partial charge in [0.1, 0.15) is 6.61 Å². The lowest BCUT2D eigenvalue weighted by molar-refractivity contribution is -0.0512. The normalized spacial score (nSPS) is 10.4. The lowest BCUT2D eigenvalue weighted by Crippen LogP contribution is -2.08. The SMILES string of the molecule is COc1cc(C(=O)OCc2cc(OC)c(OC)c(OC)c2)ccc1OC(F)F. The zero-order valence-corrected chi connectivity index (χ0v) is 15.8. The number of hydrogen-bond acceptors (Lipinski definition) is 7. The zero-order chi connectivity index (χ0) is 20.7. The second-order valence-corrected chi connectivity index (χ2v) is 5.35. The molecule has 0 bridgehead atoms. The summed E-state index contributed by atoms with van der Waals surface area (Å²) in [6, 6.07) is 7.07. The van der Waals surface area contributed by atoms with Crippen LogP contribution in [0, 0.1) is 0 Å². The minimum Gasteiger partial charge on any atom is -0.493 e. The average Bonchev–Trinajstić information content (AvgIpc) is 2.70. The van der Waals surface area contributed by atoms with Crippen LogP contribution < -0.4 is 23.7 Å². The summed E-state index contributed by atoms with van der Waals surface area (Å²) in [4.78, 5) is 12.3. The second-order valence-electron chi connectivity index (χ2n) is 5.35. The van der Waals surface area contributed by atoms with Crippen molar-refractivity contribution in [2.45, 2.75) is 13.2 Å². The van der Waals surface area contributed by atoms with Crippen LogP contribution in [0.3, 0.4) is 0 Å². The third kappa shape index (κ3) is 4.93. The van der Waals surface area contributed by atoms with E-state index in [1.807, 2.05) is 0 Å². The fraction of sp³-hybridized carbons (Fsp3) is 0.316. The highest BCUT2D eigenvalue weighted by Crippen LogP contribution is 2.38. The number of alkyl halides is 2. The van der Waals surface area contributed by atoms with E-state index in [0.29, 0.717) is 22.8 Å². The van der Waals surface area contributed by atoms with Gasteiger partial charge < -0.3 is 28.4 Å². The van der Waals surface area contributed by atoms with Gasteiger partial charge in [0, 0.05) is 0 Å². The molecule has 0 aromatic heterocycles. The van der Waals surface area contributed by atoms with E-state index in [0.717, 1.165) is 0 Å². The Kier molecular flexibility index (Phi) is 7.25. The predicted octanol–water partition coefficient (Wildman–Crippen LogP) is 3.68. The summed E-state index contributed by atoms with van der Waals surface area (Å²) >= 11 is 0. The number of esters is 1. The molecule has 2 aromatic carbocycles. The maximum Gasteiger partial charge on any atom is 0.387 e. The van der Waals surface area contributed by atoms with Crippen molar-refractivity contribution in [1.29, 1.82) is 0 Å². The van der Waals surface area contributed by atoms with E-state index in [2.05, 4.69) is 4.74 Å². The lowest BCUT2D eigenvalue weighted by atomic mass is 10.2. The van der Waals surface area contributed by atoms with Gasteiger partial charge in [-0.2, -0.15) is 8.78 Å². The summed E-state index contributed by atoms with van der Waals surface area (Å²) < 4.78 is 55.1. The average molecular weight is 398 g/mol. The molecule has 7 nitrogen and oxygen atoms in total. The zero-order valence-electron chi connectivity index (χ0n) is 15.8. The molecule has 0 heterocycles. The predicted molar refractivity (Wildman–Crippen MR) is 94.8 cm³/mol. The highest BCUT2D eigenvalue weighted by Gasteiger charge is 2.17. The van der Waals surface area contributed by atoms with Gasteiger partial charge in [-0.05, 0) is 35.9 Å². The summed E-state index contributed by atoms with van der Waals surface area (Å²) in [5.74, 6) is 0.391. The van der Waals surface area contributed by atoms with Crippen LogP contribution in [-0.2, 0) is 11.3 Å². The summed E-state index contributed by atoms with van der Waals surface area (Å²) in [5, 5.41) is 0. The molecule has 0 aliphatic rings. The number of hydrogen-bond donors (Lipinski definition) is 0. The lowest BCUT2D eigenvalue weighted by Gasteiger charge is -2.14. The van der Waals surface area contributed by atoms with Crippen LogP contribution in [0.1, 0.15) is 15.9 Å². The topological polar surface area (TPSA) is 72.5 Å². The number of halogens is 2. The van der Waals surface area contributed by atoms with Crippen molar-refractivity contribution in [1.82, 2.24) is 0 Å². The van der Waals surface area contributed by atoms with Crippen LogP contribution in [0.4, 0.5) is 8.78 Å². The molecule has 0 spiro atoms. The molecule has 28 heavy (non-hydrogen) atoms. The van der Waals surface area contributed by atoms with Crippen LogP contribution in [0.5, 0.6) is 28.7 Å². The highest BCUT2D eigenvalue weighted by molar-refractivity contribution is 5.90. The van der Waals surface area contributed by atoms with Gasteiger partial charge in [0.15, 0.2) is 23.0 Å². The van der Waals surface area contributed by atoms with Crippen LogP contribution in [0.15, 0.2) is 30.3 Å². The Morgan fingerprint density at radius 3 is 1.96 bits per heavy atom. The molecule has 0 amide bonds. The van der Waals surface area contributed by atoms with Gasteiger partial charge in [-0.1, -0.05) is 0 Å². The molecule has 0 radical (unpaired) electrons. The molecule has 0 N–H and O–H groups in total. The number of carbonyl (C=O) groups excluding carboxylic acids is 1. The van der Waals surface area contributed by atoms with E-state index in [-0.39, 0.29) is 23.7 Å². The van der Waals surface area contributed by atoms with Crippen LogP contribution in [0.2, 0.25) is 0 Å². The van der Waals surface area contributed by atoms with Crippen molar-refractivity contribution >= 4 is 5.97 Å². The minimum atomic E-state index is -3.01. The van der Waals surface area contributed by atoms with E-state index >= 15 is 0 Å². The van der Waals surface area contributed by atoms with Crippen molar-refractivity contribution in [3.8, 4) is 28.7 Å². The Morgan fingerprint density at radius 2 is 1.46 bits per heavy atom. The van der Waals surface area contributed by atoms with Crippen LogP contribution >= 0.6 is 0 Å². The summed E-state index contributed by atoms with van der Waals surface area (Å²) in [6.45, 7) is -3.08. The van der Waals surface area contributed by atoms with Gasteiger partial charge >= 0.3 is 12.6 Å². The second kappa shape index (κ2) is 9.63. The maximum absolute atomic E-state index is 12.4. The maximum atomic E-state index is 12.4. The molecule has 9 heteroatoms. The van der Waals surface area contributed by atoms with Gasteiger partial charge in [0.05, 0.1) is 34.0 Å². The number of benzene rings is 2. The van der Waals surface area contributed by atoms with E-state index in [4.69, 9.17) is 23.7 Å². The van der Waals surface area contributed by atoms with E-state index < -0.39 is 12.6 Å². The van der Waals surface area contributed by atoms with Crippen molar-refractivity contribution in [3.05, 3.63) is 41.5 Å². The standard InChI is InChI=1S/C19H20F2O7/c1-23-14-9-12(5-6-13(14)28-19(20)21)18(22)27-10-11-7-15(24-2)17(26-4)16(8-11)25-3/h5-9,19H,10H2,1-4H3. The van der Waals surface area contributed by atoms with Crippen molar-refractivity contribution in [2.24, 2.45) is 0 Å². The summed E-state index contributed by atoms with van der Waals surface area (Å²) in [5.41, 5.74) is 0.721. The number of methoxy groups -OCH3 is 4. The van der Waals surface area contributed by atoms with Gasteiger partial charge in [0.25, 0.3) is 0 Å². The number of carbonyl (C=O) groups is 1. The number of ether oxygens (including phenoxy) is 6. The molecule has 2 rings (SSSR count). The first-order chi connectivity index (χ1) is 13.4. The van der Waals surface area contributed by atoms with Crippen LogP contribution in [-0.4, -0.2) is 41.0 Å². The molecule has 0 atom stereocenters. The van der Waals surface area contributed by atoms with Gasteiger partial charge in [0.2, 0.25) is 5.75 Å². The first-order valence-corrected chi connectivity index (χ1v) is 8.02. The van der Waals surface area contributed by atoms with Crippen LogP contribution in [0.25, 0.3) is 0 Å². The molecule has 152 valence electrons. The molecule has 0 saturated carbocycles. The molecular formula is C19H20F2O7. The molecule has 0 saturated heterocycles. The van der Waals surface area contributed by atoms with Gasteiger partial charge in [-0.3, -0.25) is 0 Å². The Labute approximate surface area is 160 Å². The number of rotatable bonds is 9. The monoisotopic (exact) mass is 398 g/mol. The van der Waals surface area contributed by atoms with E-state index in [9.17, 15) is 13.6 Å². The Morgan fingerprint density at radius 1 is 0.857 bits per heavy atom. The molecule has 2 aromatic rings. The Balaban J connectivity index is 2.16. The first-order valence-electron chi connectivity index (χ1n) is 8.02. The fourth-order valence-electron chi connectivity index (χ4n) is 2.44.